The number of nitrogens with one attached hydrogen (secondary N) is 2. The van der Waals surface area contributed by atoms with Crippen LogP contribution in [0.1, 0.15) is 20.3 Å². The van der Waals surface area contributed by atoms with Gasteiger partial charge in [-0.05, 0) is 27.9 Å². The maximum absolute atomic E-state index is 11.7. The van der Waals surface area contributed by atoms with Crippen LogP contribution < -0.4 is 5.32 Å². The van der Waals surface area contributed by atoms with Gasteiger partial charge in [-0.25, -0.2) is 4.98 Å². The Bertz CT molecular complexity index is 549. The van der Waals surface area contributed by atoms with Gasteiger partial charge in [0.05, 0.1) is 5.39 Å². The minimum atomic E-state index is -0.0227. The zero-order valence-electron chi connectivity index (χ0n) is 9.62. The van der Waals surface area contributed by atoms with Gasteiger partial charge in [-0.15, -0.1) is 0 Å². The smallest absolute Gasteiger partial charge is 0.225 e. The lowest BCUT2D eigenvalue weighted by atomic mass is 10.1. The molecule has 1 amide bonds. The van der Waals surface area contributed by atoms with E-state index in [0.29, 0.717) is 23.8 Å². The summed E-state index contributed by atoms with van der Waals surface area (Å²) in [7, 11) is 0. The van der Waals surface area contributed by atoms with E-state index in [2.05, 4.69) is 36.4 Å². The van der Waals surface area contributed by atoms with E-state index in [4.69, 9.17) is 0 Å². The number of carbonyl (C=O) groups is 1. The molecule has 0 saturated carbocycles. The Morgan fingerprint density at radius 3 is 3.06 bits per heavy atom. The molecule has 5 nitrogen and oxygen atoms in total. The normalized spacial score (nSPS) is 11.1. The van der Waals surface area contributed by atoms with Crippen LogP contribution in [0.25, 0.3) is 11.0 Å². The minimum Gasteiger partial charge on any atom is -0.311 e. The number of pyridine rings is 1. The van der Waals surface area contributed by atoms with Gasteiger partial charge in [0.15, 0.2) is 5.65 Å². The number of aromatic amines is 1. The molecule has 0 radical (unpaired) electrons. The molecule has 0 saturated heterocycles. The fourth-order valence-corrected chi connectivity index (χ4v) is 1.86. The fraction of sp³-hybridized carbons (Fsp3) is 0.364. The topological polar surface area (TPSA) is 70.7 Å². The number of halogens is 1. The highest BCUT2D eigenvalue weighted by Crippen LogP contribution is 2.22. The van der Waals surface area contributed by atoms with Gasteiger partial charge in [0.25, 0.3) is 0 Å². The van der Waals surface area contributed by atoms with Crippen LogP contribution in [-0.4, -0.2) is 21.1 Å². The molecule has 2 aromatic heterocycles. The van der Waals surface area contributed by atoms with Crippen LogP contribution in [0, 0.1) is 5.92 Å². The third kappa shape index (κ3) is 2.82. The molecule has 0 bridgehead atoms. The number of H-pyrrole nitrogens is 1. The third-order valence-electron chi connectivity index (χ3n) is 2.23. The summed E-state index contributed by atoms with van der Waals surface area (Å²) >= 11 is 3.34. The second-order valence-corrected chi connectivity index (χ2v) is 5.19. The predicted molar refractivity (Wildman–Crippen MR) is 69.7 cm³/mol. The van der Waals surface area contributed by atoms with Gasteiger partial charge in [-0.1, -0.05) is 13.8 Å². The van der Waals surface area contributed by atoms with Crippen molar-refractivity contribution in [3.05, 3.63) is 16.7 Å². The highest BCUT2D eigenvalue weighted by atomic mass is 79.9. The maximum Gasteiger partial charge on any atom is 0.225 e. The first-order valence-electron chi connectivity index (χ1n) is 5.35. The summed E-state index contributed by atoms with van der Waals surface area (Å²) in [6.07, 6.45) is 2.16. The van der Waals surface area contributed by atoms with Crippen molar-refractivity contribution in [3.8, 4) is 0 Å². The predicted octanol–water partition coefficient (Wildman–Crippen LogP) is 2.71. The first-order valence-corrected chi connectivity index (χ1v) is 6.15. The molecule has 0 unspecified atom stereocenters. The van der Waals surface area contributed by atoms with Gasteiger partial charge in [0, 0.05) is 17.1 Å². The van der Waals surface area contributed by atoms with Crippen molar-refractivity contribution < 1.29 is 4.79 Å². The van der Waals surface area contributed by atoms with Crippen molar-refractivity contribution in [1.29, 1.82) is 0 Å². The molecule has 0 spiro atoms. The second-order valence-electron chi connectivity index (χ2n) is 4.27. The lowest BCUT2D eigenvalue weighted by molar-refractivity contribution is -0.116. The number of nitrogens with zero attached hydrogens (tertiary/aromatic N) is 2. The summed E-state index contributed by atoms with van der Waals surface area (Å²) in [5.74, 6) is 0.902. The Hall–Kier alpha value is -1.43. The molecular formula is C11H13BrN4O. The van der Waals surface area contributed by atoms with Crippen LogP contribution in [0.4, 0.5) is 5.82 Å². The van der Waals surface area contributed by atoms with Crippen molar-refractivity contribution in [2.24, 2.45) is 5.92 Å². The summed E-state index contributed by atoms with van der Waals surface area (Å²) in [4.78, 5) is 15.8. The lowest BCUT2D eigenvalue weighted by Crippen LogP contribution is -2.14. The molecule has 0 aliphatic carbocycles. The molecule has 2 N–H and O–H groups in total. The van der Waals surface area contributed by atoms with Gasteiger partial charge < -0.3 is 5.32 Å². The van der Waals surface area contributed by atoms with E-state index >= 15 is 0 Å². The van der Waals surface area contributed by atoms with Crippen LogP contribution in [0.2, 0.25) is 0 Å². The van der Waals surface area contributed by atoms with E-state index in [1.54, 1.807) is 6.20 Å². The lowest BCUT2D eigenvalue weighted by Gasteiger charge is -2.05. The van der Waals surface area contributed by atoms with Crippen molar-refractivity contribution >= 4 is 38.7 Å². The Morgan fingerprint density at radius 2 is 2.35 bits per heavy atom. The molecule has 2 rings (SSSR count). The fourth-order valence-electron chi connectivity index (χ4n) is 1.53. The molecule has 0 aliphatic heterocycles. The van der Waals surface area contributed by atoms with Crippen LogP contribution in [0.5, 0.6) is 0 Å². The van der Waals surface area contributed by atoms with Crippen molar-refractivity contribution in [2.45, 2.75) is 20.3 Å². The van der Waals surface area contributed by atoms with Crippen molar-refractivity contribution in [2.75, 3.05) is 5.32 Å². The van der Waals surface area contributed by atoms with Crippen LogP contribution in [0.3, 0.4) is 0 Å². The van der Waals surface area contributed by atoms with E-state index < -0.39 is 0 Å². The quantitative estimate of drug-likeness (QED) is 0.915. The molecule has 2 heterocycles. The van der Waals surface area contributed by atoms with Crippen molar-refractivity contribution in [1.82, 2.24) is 15.2 Å². The standard InChI is InChI=1S/C11H13BrN4O/c1-6(2)3-9(17)14-11-8-4-7(12)5-13-10(8)15-16-11/h4-6H,3H2,1-2H3,(H2,13,14,15,16,17). The number of fused-ring (bicyclic) bond motifs is 1. The average molecular weight is 297 g/mol. The zero-order chi connectivity index (χ0) is 12.4. The number of carbonyl (C=O) groups excluding carboxylic acids is 1. The SMILES string of the molecule is CC(C)CC(=O)Nc1[nH]nc2ncc(Br)cc12. The number of anilines is 1. The monoisotopic (exact) mass is 296 g/mol. The van der Waals surface area contributed by atoms with Crippen LogP contribution in [0.15, 0.2) is 16.7 Å². The molecule has 0 fully saturated rings. The average Bonchev–Trinajstić information content (AvgIpc) is 2.60. The molecule has 17 heavy (non-hydrogen) atoms. The van der Waals surface area contributed by atoms with Gasteiger partial charge >= 0.3 is 0 Å². The zero-order valence-corrected chi connectivity index (χ0v) is 11.2. The molecule has 2 aromatic rings. The molecule has 0 atom stereocenters. The first-order chi connectivity index (χ1) is 8.06. The largest absolute Gasteiger partial charge is 0.311 e. The van der Waals surface area contributed by atoms with Gasteiger partial charge in [-0.2, -0.15) is 5.10 Å². The molecule has 0 aromatic carbocycles. The Labute approximate surface area is 107 Å². The summed E-state index contributed by atoms with van der Waals surface area (Å²) in [6.45, 7) is 4.01. The highest BCUT2D eigenvalue weighted by molar-refractivity contribution is 9.10. The summed E-state index contributed by atoms with van der Waals surface area (Å²) < 4.78 is 0.853. The van der Waals surface area contributed by atoms with Gasteiger partial charge in [-0.3, -0.25) is 9.89 Å². The number of hydrogen-bond acceptors (Lipinski definition) is 3. The molecule has 0 aliphatic rings. The number of aromatic nitrogens is 3. The Morgan fingerprint density at radius 1 is 1.59 bits per heavy atom. The summed E-state index contributed by atoms with van der Waals surface area (Å²) in [6, 6.07) is 1.87. The summed E-state index contributed by atoms with van der Waals surface area (Å²) in [5.41, 5.74) is 0.591. The number of amides is 1. The first kappa shape index (κ1) is 12.0. The Kier molecular flexibility index (Phi) is 3.42. The van der Waals surface area contributed by atoms with Crippen LogP contribution >= 0.6 is 15.9 Å². The molecular weight excluding hydrogens is 284 g/mol. The minimum absolute atomic E-state index is 0.0227. The highest BCUT2D eigenvalue weighted by Gasteiger charge is 2.11. The number of hydrogen-bond donors (Lipinski definition) is 2. The van der Waals surface area contributed by atoms with E-state index in [9.17, 15) is 4.79 Å². The summed E-state index contributed by atoms with van der Waals surface area (Å²) in [5, 5.41) is 10.4. The van der Waals surface area contributed by atoms with Crippen LogP contribution in [-0.2, 0) is 4.79 Å². The van der Waals surface area contributed by atoms with Crippen molar-refractivity contribution in [3.63, 3.8) is 0 Å². The second kappa shape index (κ2) is 4.83. The van der Waals surface area contributed by atoms with E-state index in [1.807, 2.05) is 19.9 Å². The maximum atomic E-state index is 11.7. The molecule has 6 heteroatoms. The van der Waals surface area contributed by atoms with E-state index in [-0.39, 0.29) is 5.91 Å². The Balaban J connectivity index is 2.24. The number of rotatable bonds is 3. The van der Waals surface area contributed by atoms with Gasteiger partial charge in [0.2, 0.25) is 5.91 Å². The van der Waals surface area contributed by atoms with E-state index in [0.717, 1.165) is 9.86 Å². The van der Waals surface area contributed by atoms with Gasteiger partial charge in [0.1, 0.15) is 5.82 Å². The third-order valence-corrected chi connectivity index (χ3v) is 2.67. The van der Waals surface area contributed by atoms with E-state index in [1.165, 1.54) is 0 Å². The molecule has 90 valence electrons.